The topological polar surface area (TPSA) is 81.7 Å². The zero-order valence-corrected chi connectivity index (χ0v) is 27.5. The van der Waals surface area contributed by atoms with E-state index in [1.165, 1.54) is 6.07 Å². The van der Waals surface area contributed by atoms with Gasteiger partial charge >= 0.3 is 6.18 Å². The van der Waals surface area contributed by atoms with Gasteiger partial charge in [0.1, 0.15) is 17.5 Å². The average molecular weight is 690 g/mol. The van der Waals surface area contributed by atoms with Crippen molar-refractivity contribution < 1.29 is 41.0 Å². The first kappa shape index (κ1) is 36.4. The standard InChI is InChI=1S/C37H41F6N3O3/c1-3-6-28(7-4-2)46-13-10-29-30(19-27(40)20-31(29)35(46)49)34(48)45-32(16-22-14-25(38)18-26(39)15-22)33(47)21-44-36(11-12-36)23-8-5-9-24(17-23)37(41,42)43/h5,8-9,14-15,17-20,28,32-33,44,47H,3-4,6-7,10-13,16,21H2,1-2H3,(H,45,48). The minimum Gasteiger partial charge on any atom is -0.390 e. The highest BCUT2D eigenvalue weighted by molar-refractivity contribution is 6.03. The third-order valence-electron chi connectivity index (χ3n) is 9.54. The lowest BCUT2D eigenvalue weighted by Crippen LogP contribution is -2.50. The fraction of sp³-hybridized carbons (Fsp3) is 0.459. The van der Waals surface area contributed by atoms with Gasteiger partial charge in [0, 0.05) is 41.9 Å². The van der Waals surface area contributed by atoms with Gasteiger partial charge in [-0.25, -0.2) is 13.2 Å². The quantitative estimate of drug-likeness (QED) is 0.158. The molecule has 1 aliphatic carbocycles. The number of carbonyl (C=O) groups excluding carboxylic acids is 2. The second-order valence-corrected chi connectivity index (χ2v) is 13.1. The van der Waals surface area contributed by atoms with Crippen LogP contribution in [0.15, 0.2) is 54.6 Å². The number of hydrogen-bond acceptors (Lipinski definition) is 4. The van der Waals surface area contributed by atoms with Gasteiger partial charge in [-0.05, 0) is 91.6 Å². The molecule has 0 radical (unpaired) electrons. The summed E-state index contributed by atoms with van der Waals surface area (Å²) in [5.74, 6) is -3.65. The van der Waals surface area contributed by atoms with E-state index in [0.717, 1.165) is 62.1 Å². The van der Waals surface area contributed by atoms with E-state index < -0.39 is 52.8 Å². The molecule has 1 aliphatic heterocycles. The third-order valence-corrected chi connectivity index (χ3v) is 9.54. The van der Waals surface area contributed by atoms with Crippen LogP contribution in [0.5, 0.6) is 0 Å². The molecule has 3 aromatic carbocycles. The number of benzene rings is 3. The Morgan fingerprint density at radius 3 is 2.22 bits per heavy atom. The summed E-state index contributed by atoms with van der Waals surface area (Å²) in [5, 5.41) is 17.2. The molecule has 49 heavy (non-hydrogen) atoms. The van der Waals surface area contributed by atoms with E-state index in [-0.39, 0.29) is 41.6 Å². The molecular formula is C37H41F6N3O3. The number of nitrogens with zero attached hydrogens (tertiary/aromatic N) is 1. The Kier molecular flexibility index (Phi) is 11.1. The molecule has 2 aliphatic rings. The van der Waals surface area contributed by atoms with Gasteiger partial charge in [-0.3, -0.25) is 9.59 Å². The summed E-state index contributed by atoms with van der Waals surface area (Å²) in [4.78, 5) is 29.1. The van der Waals surface area contributed by atoms with Crippen LogP contribution in [0.4, 0.5) is 26.3 Å². The molecule has 12 heteroatoms. The number of halogens is 6. The zero-order valence-electron chi connectivity index (χ0n) is 27.5. The smallest absolute Gasteiger partial charge is 0.390 e. The van der Waals surface area contributed by atoms with Crippen LogP contribution >= 0.6 is 0 Å². The Bertz CT molecular complexity index is 1650. The van der Waals surface area contributed by atoms with Crippen LogP contribution in [0.2, 0.25) is 0 Å². The predicted octanol–water partition coefficient (Wildman–Crippen LogP) is 7.07. The Morgan fingerprint density at radius 2 is 1.61 bits per heavy atom. The predicted molar refractivity (Wildman–Crippen MR) is 172 cm³/mol. The SMILES string of the molecule is CCCC(CCC)N1CCc2c(C(=O)NC(Cc3cc(F)cc(F)c3)C(O)CNC3(c4cccc(C(F)(F)F)c4)CC3)cc(F)cc2C1=O. The summed E-state index contributed by atoms with van der Waals surface area (Å²) in [5.41, 5.74) is -0.721. The van der Waals surface area contributed by atoms with Crippen molar-refractivity contribution in [3.63, 3.8) is 0 Å². The lowest BCUT2D eigenvalue weighted by atomic mass is 9.90. The monoisotopic (exact) mass is 689 g/mol. The number of alkyl halides is 3. The second kappa shape index (κ2) is 14.9. The molecular weight excluding hydrogens is 648 g/mol. The summed E-state index contributed by atoms with van der Waals surface area (Å²) in [6, 6.07) is 8.72. The molecule has 5 rings (SSSR count). The first-order valence-corrected chi connectivity index (χ1v) is 16.7. The molecule has 3 N–H and O–H groups in total. The molecule has 3 aromatic rings. The van der Waals surface area contributed by atoms with Crippen LogP contribution in [0, 0.1) is 17.5 Å². The third kappa shape index (κ3) is 8.46. The number of aliphatic hydroxyl groups excluding tert-OH is 1. The van der Waals surface area contributed by atoms with Crippen molar-refractivity contribution in [2.24, 2.45) is 0 Å². The van der Waals surface area contributed by atoms with Crippen LogP contribution in [0.3, 0.4) is 0 Å². The van der Waals surface area contributed by atoms with Crippen molar-refractivity contribution in [1.82, 2.24) is 15.5 Å². The van der Waals surface area contributed by atoms with Crippen molar-refractivity contribution in [2.75, 3.05) is 13.1 Å². The summed E-state index contributed by atoms with van der Waals surface area (Å²) < 4.78 is 83.4. The Morgan fingerprint density at radius 1 is 0.959 bits per heavy atom. The summed E-state index contributed by atoms with van der Waals surface area (Å²) in [6.45, 7) is 4.21. The Hall–Kier alpha value is -3.90. The van der Waals surface area contributed by atoms with Crippen molar-refractivity contribution >= 4 is 11.8 Å². The largest absolute Gasteiger partial charge is 0.416 e. The van der Waals surface area contributed by atoms with Crippen molar-refractivity contribution in [1.29, 1.82) is 0 Å². The zero-order chi connectivity index (χ0) is 35.5. The summed E-state index contributed by atoms with van der Waals surface area (Å²) in [6.07, 6.45) is -1.51. The maximum atomic E-state index is 15.0. The van der Waals surface area contributed by atoms with E-state index in [2.05, 4.69) is 10.6 Å². The molecule has 0 aromatic heterocycles. The number of amides is 2. The second-order valence-electron chi connectivity index (χ2n) is 13.1. The Labute approximate surface area is 281 Å². The van der Waals surface area contributed by atoms with E-state index in [4.69, 9.17) is 0 Å². The van der Waals surface area contributed by atoms with Crippen molar-refractivity contribution in [3.05, 3.63) is 105 Å². The highest BCUT2D eigenvalue weighted by Crippen LogP contribution is 2.46. The van der Waals surface area contributed by atoms with Crippen LogP contribution in [0.25, 0.3) is 0 Å². The van der Waals surface area contributed by atoms with E-state index in [0.29, 0.717) is 43.0 Å². The molecule has 1 fully saturated rings. The van der Waals surface area contributed by atoms with Crippen LogP contribution < -0.4 is 10.6 Å². The molecule has 1 heterocycles. The molecule has 0 saturated heterocycles. The summed E-state index contributed by atoms with van der Waals surface area (Å²) >= 11 is 0. The van der Waals surface area contributed by atoms with Gasteiger partial charge in [-0.1, -0.05) is 38.8 Å². The molecule has 264 valence electrons. The highest BCUT2D eigenvalue weighted by atomic mass is 19.4. The first-order chi connectivity index (χ1) is 23.2. The van der Waals surface area contributed by atoms with Gasteiger partial charge in [0.2, 0.25) is 0 Å². The van der Waals surface area contributed by atoms with Crippen LogP contribution in [-0.2, 0) is 24.6 Å². The molecule has 0 bridgehead atoms. The van der Waals surface area contributed by atoms with E-state index in [1.54, 1.807) is 11.0 Å². The molecule has 2 amide bonds. The molecule has 2 unspecified atom stereocenters. The Balaban J connectivity index is 1.39. The van der Waals surface area contributed by atoms with E-state index in [1.807, 2.05) is 13.8 Å². The molecule has 2 atom stereocenters. The van der Waals surface area contributed by atoms with Crippen molar-refractivity contribution in [3.8, 4) is 0 Å². The number of rotatable bonds is 14. The number of nitrogens with one attached hydrogen (secondary N) is 2. The number of aliphatic hydroxyl groups is 1. The number of fused-ring (bicyclic) bond motifs is 1. The van der Waals surface area contributed by atoms with E-state index in [9.17, 15) is 36.6 Å². The fourth-order valence-electron chi connectivity index (χ4n) is 6.90. The normalized spacial score (nSPS) is 16.8. The maximum Gasteiger partial charge on any atom is 0.416 e. The van der Waals surface area contributed by atoms with Gasteiger partial charge in [0.15, 0.2) is 0 Å². The number of hydrogen-bond donors (Lipinski definition) is 3. The molecule has 6 nitrogen and oxygen atoms in total. The lowest BCUT2D eigenvalue weighted by molar-refractivity contribution is -0.137. The minimum absolute atomic E-state index is 0.0133. The highest BCUT2D eigenvalue weighted by Gasteiger charge is 2.45. The van der Waals surface area contributed by atoms with Gasteiger partial charge < -0.3 is 20.6 Å². The van der Waals surface area contributed by atoms with Crippen molar-refractivity contribution in [2.45, 2.75) is 95.1 Å². The molecule has 1 saturated carbocycles. The lowest BCUT2D eigenvalue weighted by Gasteiger charge is -2.36. The summed E-state index contributed by atoms with van der Waals surface area (Å²) in [7, 11) is 0. The first-order valence-electron chi connectivity index (χ1n) is 16.7. The number of carbonyl (C=O) groups is 2. The van der Waals surface area contributed by atoms with Gasteiger partial charge in [0.05, 0.1) is 17.7 Å². The van der Waals surface area contributed by atoms with Gasteiger partial charge in [-0.15, -0.1) is 0 Å². The van der Waals surface area contributed by atoms with Gasteiger partial charge in [-0.2, -0.15) is 13.2 Å². The molecule has 0 spiro atoms. The minimum atomic E-state index is -4.53. The van der Waals surface area contributed by atoms with Crippen LogP contribution in [-0.4, -0.2) is 53.1 Å². The van der Waals surface area contributed by atoms with Crippen LogP contribution in [0.1, 0.15) is 95.3 Å². The fourth-order valence-corrected chi connectivity index (χ4v) is 6.90. The van der Waals surface area contributed by atoms with Gasteiger partial charge in [0.25, 0.3) is 11.8 Å². The average Bonchev–Trinajstić information content (AvgIpc) is 3.84. The maximum absolute atomic E-state index is 15.0. The van der Waals surface area contributed by atoms with E-state index >= 15 is 4.39 Å².